The van der Waals surface area contributed by atoms with Crippen molar-refractivity contribution in [2.24, 2.45) is 0 Å². The molecule has 0 aliphatic carbocycles. The van der Waals surface area contributed by atoms with E-state index in [2.05, 4.69) is 4.98 Å². The number of H-pyrrole nitrogens is 1. The molecule has 9 heteroatoms. The van der Waals surface area contributed by atoms with Gasteiger partial charge in [-0.25, -0.2) is 9.59 Å². The van der Waals surface area contributed by atoms with Crippen molar-refractivity contribution < 1.29 is 28.8 Å². The summed E-state index contributed by atoms with van der Waals surface area (Å²) in [4.78, 5) is 50.1. The van der Waals surface area contributed by atoms with Gasteiger partial charge < -0.3 is 14.5 Å². The summed E-state index contributed by atoms with van der Waals surface area (Å²) in [7, 11) is 1.24. The van der Waals surface area contributed by atoms with E-state index in [0.717, 1.165) is 6.07 Å². The van der Waals surface area contributed by atoms with Crippen molar-refractivity contribution in [3.8, 4) is 0 Å². The van der Waals surface area contributed by atoms with Crippen LogP contribution >= 0.6 is 0 Å². The molecule has 28 heavy (non-hydrogen) atoms. The van der Waals surface area contributed by atoms with Crippen LogP contribution in [0.1, 0.15) is 54.9 Å². The lowest BCUT2D eigenvalue weighted by atomic mass is 10.1. The molecule has 0 saturated carbocycles. The van der Waals surface area contributed by atoms with E-state index in [0.29, 0.717) is 16.8 Å². The van der Waals surface area contributed by atoms with Crippen LogP contribution in [0.15, 0.2) is 18.2 Å². The van der Waals surface area contributed by atoms with Crippen LogP contribution in [-0.2, 0) is 9.47 Å². The van der Waals surface area contributed by atoms with Gasteiger partial charge in [0.15, 0.2) is 6.10 Å². The Morgan fingerprint density at radius 3 is 2.36 bits per heavy atom. The number of nitrogens with zero attached hydrogens (tertiary/aromatic N) is 1. The van der Waals surface area contributed by atoms with Crippen LogP contribution in [0.4, 0.5) is 5.69 Å². The number of ketones is 1. The van der Waals surface area contributed by atoms with E-state index in [1.165, 1.54) is 26.2 Å². The molecule has 9 nitrogen and oxygen atoms in total. The molecule has 0 aliphatic heterocycles. The number of Topliss-reactive ketones (excluding diaryl/α,β-unsaturated/α-hetero) is 1. The predicted molar refractivity (Wildman–Crippen MR) is 98.6 cm³/mol. The normalized spacial score (nSPS) is 11.6. The number of aromatic amines is 1. The molecule has 0 amide bonds. The molecule has 148 valence electrons. The molecule has 0 radical (unpaired) electrons. The van der Waals surface area contributed by atoms with Crippen LogP contribution in [0, 0.1) is 30.9 Å². The van der Waals surface area contributed by atoms with E-state index in [-0.39, 0.29) is 22.5 Å². The molecule has 0 aliphatic rings. The molecule has 2 aromatic rings. The van der Waals surface area contributed by atoms with E-state index in [1.807, 2.05) is 0 Å². The Bertz CT molecular complexity index is 975. The van der Waals surface area contributed by atoms with Crippen LogP contribution in [-0.4, -0.2) is 40.8 Å². The first-order valence-corrected chi connectivity index (χ1v) is 8.36. The summed E-state index contributed by atoms with van der Waals surface area (Å²) in [5.41, 5.74) is 1.38. The lowest BCUT2D eigenvalue weighted by Crippen LogP contribution is -2.25. The van der Waals surface area contributed by atoms with E-state index in [4.69, 9.17) is 9.47 Å². The number of benzene rings is 1. The third-order valence-electron chi connectivity index (χ3n) is 4.37. The Kier molecular flexibility index (Phi) is 5.97. The lowest BCUT2D eigenvalue weighted by molar-refractivity contribution is -0.385. The highest BCUT2D eigenvalue weighted by atomic mass is 16.6. The quantitative estimate of drug-likeness (QED) is 0.348. The number of nitro benzene ring substituents is 1. The first-order valence-electron chi connectivity index (χ1n) is 8.36. The number of hydrogen-bond acceptors (Lipinski definition) is 7. The molecule has 1 atom stereocenters. The fraction of sp³-hybridized carbons (Fsp3) is 0.316. The van der Waals surface area contributed by atoms with Crippen molar-refractivity contribution in [2.45, 2.75) is 33.8 Å². The van der Waals surface area contributed by atoms with Crippen molar-refractivity contribution in [3.63, 3.8) is 0 Å². The van der Waals surface area contributed by atoms with Crippen LogP contribution in [0.25, 0.3) is 0 Å². The molecule has 1 heterocycles. The molecule has 2 rings (SSSR count). The van der Waals surface area contributed by atoms with Crippen molar-refractivity contribution in [1.82, 2.24) is 4.98 Å². The fourth-order valence-corrected chi connectivity index (χ4v) is 2.82. The number of carbonyl (C=O) groups excluding carboxylic acids is 3. The smallest absolute Gasteiger partial charge is 0.339 e. The molecule has 0 fully saturated rings. The van der Waals surface area contributed by atoms with Gasteiger partial charge in [-0.15, -0.1) is 0 Å². The van der Waals surface area contributed by atoms with Gasteiger partial charge in [-0.05, 0) is 39.3 Å². The second-order valence-corrected chi connectivity index (χ2v) is 6.29. The summed E-state index contributed by atoms with van der Waals surface area (Å²) in [5.74, 6) is -1.98. The first kappa shape index (κ1) is 20.8. The van der Waals surface area contributed by atoms with Gasteiger partial charge in [-0.2, -0.15) is 0 Å². The van der Waals surface area contributed by atoms with E-state index in [1.54, 1.807) is 20.8 Å². The minimum atomic E-state index is -1.17. The standard InChI is InChI=1S/C19H20N2O7/c1-9-6-7-13(8-14(9)21(25)26)18(23)28-12(4)17(22)16-10(2)15(11(3)20-16)19(24)27-5/h6-8,12,20H,1-5H3. The lowest BCUT2D eigenvalue weighted by Gasteiger charge is -2.12. The van der Waals surface area contributed by atoms with Gasteiger partial charge in [0.1, 0.15) is 0 Å². The zero-order valence-electron chi connectivity index (χ0n) is 16.1. The van der Waals surface area contributed by atoms with E-state index in [9.17, 15) is 24.5 Å². The number of nitro groups is 1. The van der Waals surface area contributed by atoms with Crippen molar-refractivity contribution in [3.05, 3.63) is 62.0 Å². The summed E-state index contributed by atoms with van der Waals surface area (Å²) >= 11 is 0. The van der Waals surface area contributed by atoms with Crippen LogP contribution < -0.4 is 0 Å². The highest BCUT2D eigenvalue weighted by Crippen LogP contribution is 2.22. The minimum Gasteiger partial charge on any atom is -0.465 e. The Morgan fingerprint density at radius 1 is 1.14 bits per heavy atom. The largest absolute Gasteiger partial charge is 0.465 e. The third-order valence-corrected chi connectivity index (χ3v) is 4.37. The average molecular weight is 388 g/mol. The Balaban J connectivity index is 2.24. The maximum atomic E-state index is 12.7. The summed E-state index contributed by atoms with van der Waals surface area (Å²) in [6, 6.07) is 3.93. The van der Waals surface area contributed by atoms with Gasteiger partial charge in [0.05, 0.1) is 28.9 Å². The maximum Gasteiger partial charge on any atom is 0.339 e. The van der Waals surface area contributed by atoms with Gasteiger partial charge in [-0.3, -0.25) is 14.9 Å². The average Bonchev–Trinajstić information content (AvgIpc) is 2.94. The number of ether oxygens (including phenoxy) is 2. The number of carbonyl (C=O) groups is 3. The summed E-state index contributed by atoms with van der Waals surface area (Å²) in [6.45, 7) is 6.14. The second-order valence-electron chi connectivity index (χ2n) is 6.29. The van der Waals surface area contributed by atoms with Gasteiger partial charge in [-0.1, -0.05) is 6.07 Å². The highest BCUT2D eigenvalue weighted by Gasteiger charge is 2.28. The topological polar surface area (TPSA) is 129 Å². The van der Waals surface area contributed by atoms with Crippen molar-refractivity contribution in [1.29, 1.82) is 0 Å². The molecular formula is C19H20N2O7. The highest BCUT2D eigenvalue weighted by molar-refractivity contribution is 6.04. The molecule has 0 saturated heterocycles. The molecule has 1 aromatic heterocycles. The predicted octanol–water partition coefficient (Wildman–Crippen LogP) is 3.06. The van der Waals surface area contributed by atoms with Gasteiger partial charge in [0.2, 0.25) is 5.78 Å². The fourth-order valence-electron chi connectivity index (χ4n) is 2.82. The second kappa shape index (κ2) is 8.03. The maximum absolute atomic E-state index is 12.7. The third kappa shape index (κ3) is 3.93. The van der Waals surface area contributed by atoms with Crippen LogP contribution in [0.2, 0.25) is 0 Å². The Hall–Kier alpha value is -3.49. The monoisotopic (exact) mass is 388 g/mol. The number of rotatable bonds is 6. The van der Waals surface area contributed by atoms with Gasteiger partial charge in [0.25, 0.3) is 5.69 Å². The minimum absolute atomic E-state index is 0.0356. The SMILES string of the molecule is COC(=O)c1c(C)[nH]c(C(=O)C(C)OC(=O)c2ccc(C)c([N+](=O)[O-])c2)c1C. The van der Waals surface area contributed by atoms with E-state index >= 15 is 0 Å². The number of aromatic nitrogens is 1. The van der Waals surface area contributed by atoms with Crippen LogP contribution in [0.5, 0.6) is 0 Å². The number of hydrogen-bond donors (Lipinski definition) is 1. The van der Waals surface area contributed by atoms with E-state index < -0.39 is 28.7 Å². The van der Waals surface area contributed by atoms with Crippen molar-refractivity contribution >= 4 is 23.4 Å². The first-order chi connectivity index (χ1) is 13.1. The number of methoxy groups -OCH3 is 1. The molecule has 0 spiro atoms. The summed E-state index contributed by atoms with van der Waals surface area (Å²) in [6.07, 6.45) is -1.17. The molecular weight excluding hydrogens is 368 g/mol. The van der Waals surface area contributed by atoms with Gasteiger partial charge >= 0.3 is 11.9 Å². The van der Waals surface area contributed by atoms with Crippen molar-refractivity contribution in [2.75, 3.05) is 7.11 Å². The molecule has 1 N–H and O–H groups in total. The molecule has 0 bridgehead atoms. The molecule has 1 aromatic carbocycles. The number of nitrogens with one attached hydrogen (secondary N) is 1. The van der Waals surface area contributed by atoms with Crippen LogP contribution in [0.3, 0.4) is 0 Å². The molecule has 1 unspecified atom stereocenters. The number of esters is 2. The zero-order chi connectivity index (χ0) is 21.2. The summed E-state index contributed by atoms with van der Waals surface area (Å²) < 4.78 is 9.87. The Morgan fingerprint density at radius 2 is 1.79 bits per heavy atom. The number of aryl methyl sites for hydroxylation is 2. The zero-order valence-corrected chi connectivity index (χ0v) is 16.1. The Labute approximate surface area is 160 Å². The summed E-state index contributed by atoms with van der Waals surface area (Å²) in [5, 5.41) is 11.0. The van der Waals surface area contributed by atoms with Gasteiger partial charge in [0, 0.05) is 17.3 Å².